The van der Waals surface area contributed by atoms with Gasteiger partial charge in [-0.05, 0) is 18.4 Å². The summed E-state index contributed by atoms with van der Waals surface area (Å²) in [6, 6.07) is 7.21. The third-order valence-electron chi connectivity index (χ3n) is 3.60. The number of rotatable bonds is 9. The number of amides is 3. The summed E-state index contributed by atoms with van der Waals surface area (Å²) >= 11 is 0. The van der Waals surface area contributed by atoms with Crippen LogP contribution >= 0.6 is 0 Å². The van der Waals surface area contributed by atoms with Crippen molar-refractivity contribution in [2.45, 2.75) is 39.5 Å². The van der Waals surface area contributed by atoms with Crippen LogP contribution in [-0.2, 0) is 25.7 Å². The van der Waals surface area contributed by atoms with Gasteiger partial charge in [0.15, 0.2) is 0 Å². The lowest BCUT2D eigenvalue weighted by molar-refractivity contribution is -0.138. The number of carboxylic acid groups (broad SMARTS) is 1. The topological polar surface area (TPSA) is 134 Å². The van der Waals surface area contributed by atoms with Gasteiger partial charge in [0, 0.05) is 0 Å². The second-order valence-electron chi connectivity index (χ2n) is 6.27. The second kappa shape index (κ2) is 10.8. The van der Waals surface area contributed by atoms with Crippen molar-refractivity contribution in [3.8, 4) is 0 Å². The molecule has 1 aromatic carbocycles. The first-order valence-corrected chi connectivity index (χ1v) is 8.47. The molecular formula is C18H25N3O6. The Balaban J connectivity index is 2.55. The van der Waals surface area contributed by atoms with E-state index in [1.165, 1.54) is 6.92 Å². The summed E-state index contributed by atoms with van der Waals surface area (Å²) in [6.07, 6.45) is -0.754. The fraction of sp³-hybridized carbons (Fsp3) is 0.444. The van der Waals surface area contributed by atoms with Gasteiger partial charge in [-0.2, -0.15) is 0 Å². The lowest BCUT2D eigenvalue weighted by Gasteiger charge is -2.23. The van der Waals surface area contributed by atoms with Crippen LogP contribution in [0.5, 0.6) is 0 Å². The van der Waals surface area contributed by atoms with E-state index in [0.717, 1.165) is 5.56 Å². The van der Waals surface area contributed by atoms with Gasteiger partial charge in [0.1, 0.15) is 25.2 Å². The van der Waals surface area contributed by atoms with E-state index in [0.29, 0.717) is 0 Å². The Morgan fingerprint density at radius 1 is 1.00 bits per heavy atom. The lowest BCUT2D eigenvalue weighted by Crippen LogP contribution is -2.54. The molecule has 1 rings (SSSR count). The molecule has 0 aliphatic carbocycles. The fourth-order valence-corrected chi connectivity index (χ4v) is 2.11. The number of carbonyl (C=O) groups excluding carboxylic acids is 3. The van der Waals surface area contributed by atoms with Crippen molar-refractivity contribution >= 4 is 23.9 Å². The summed E-state index contributed by atoms with van der Waals surface area (Å²) in [6.45, 7) is 4.40. The minimum absolute atomic E-state index is 0.0626. The van der Waals surface area contributed by atoms with Crippen LogP contribution in [0, 0.1) is 5.92 Å². The maximum Gasteiger partial charge on any atom is 0.408 e. The van der Waals surface area contributed by atoms with Gasteiger partial charge in [0.2, 0.25) is 11.8 Å². The van der Waals surface area contributed by atoms with Gasteiger partial charge < -0.3 is 25.8 Å². The van der Waals surface area contributed by atoms with Gasteiger partial charge in [-0.1, -0.05) is 44.2 Å². The van der Waals surface area contributed by atoms with Crippen LogP contribution in [0.2, 0.25) is 0 Å². The Hall–Kier alpha value is -3.10. The molecule has 0 heterocycles. The highest BCUT2D eigenvalue weighted by molar-refractivity contribution is 5.92. The number of carboxylic acids is 1. The maximum absolute atomic E-state index is 12.4. The highest BCUT2D eigenvalue weighted by Crippen LogP contribution is 2.05. The number of hydrogen-bond donors (Lipinski definition) is 4. The molecular weight excluding hydrogens is 354 g/mol. The molecule has 148 valence electrons. The molecule has 0 saturated heterocycles. The Kier molecular flexibility index (Phi) is 8.77. The third-order valence-corrected chi connectivity index (χ3v) is 3.60. The Bertz CT molecular complexity index is 662. The molecule has 0 unspecified atom stereocenters. The van der Waals surface area contributed by atoms with Crippen LogP contribution < -0.4 is 16.0 Å². The lowest BCUT2D eigenvalue weighted by atomic mass is 10.0. The van der Waals surface area contributed by atoms with Crippen LogP contribution in [0.4, 0.5) is 4.79 Å². The molecule has 9 heteroatoms. The summed E-state index contributed by atoms with van der Waals surface area (Å²) in [5, 5.41) is 15.7. The predicted octanol–water partition coefficient (Wildman–Crippen LogP) is 0.643. The van der Waals surface area contributed by atoms with Crippen molar-refractivity contribution in [3.05, 3.63) is 35.9 Å². The third kappa shape index (κ3) is 8.21. The number of carbonyl (C=O) groups is 4. The van der Waals surface area contributed by atoms with Gasteiger partial charge in [-0.3, -0.25) is 14.4 Å². The normalized spacial score (nSPS) is 12.6. The number of benzene rings is 1. The smallest absolute Gasteiger partial charge is 0.408 e. The van der Waals surface area contributed by atoms with Gasteiger partial charge in [0.05, 0.1) is 0 Å². The maximum atomic E-state index is 12.4. The number of ether oxygens (including phenoxy) is 1. The Morgan fingerprint density at radius 2 is 1.63 bits per heavy atom. The van der Waals surface area contributed by atoms with Gasteiger partial charge >= 0.3 is 12.1 Å². The average Bonchev–Trinajstić information content (AvgIpc) is 2.62. The zero-order valence-electron chi connectivity index (χ0n) is 15.5. The number of nitrogens with one attached hydrogen (secondary N) is 3. The van der Waals surface area contributed by atoms with Crippen LogP contribution in [0.3, 0.4) is 0 Å². The zero-order chi connectivity index (χ0) is 20.4. The molecule has 0 radical (unpaired) electrons. The number of hydrogen-bond acceptors (Lipinski definition) is 5. The quantitative estimate of drug-likeness (QED) is 0.498. The molecule has 0 aliphatic heterocycles. The van der Waals surface area contributed by atoms with E-state index in [1.807, 2.05) is 18.2 Å². The molecule has 9 nitrogen and oxygen atoms in total. The first-order valence-electron chi connectivity index (χ1n) is 8.47. The molecule has 3 amide bonds. The molecule has 0 fully saturated rings. The average molecular weight is 379 g/mol. The van der Waals surface area contributed by atoms with Crippen LogP contribution in [0.25, 0.3) is 0 Å². The molecule has 0 saturated carbocycles. The monoisotopic (exact) mass is 379 g/mol. The predicted molar refractivity (Wildman–Crippen MR) is 96.6 cm³/mol. The fourth-order valence-electron chi connectivity index (χ4n) is 2.11. The molecule has 27 heavy (non-hydrogen) atoms. The molecule has 1 aromatic rings. The van der Waals surface area contributed by atoms with Crippen LogP contribution in [-0.4, -0.2) is 47.6 Å². The molecule has 0 spiro atoms. The van der Waals surface area contributed by atoms with Gasteiger partial charge in [0.25, 0.3) is 0 Å². The van der Waals surface area contributed by atoms with E-state index >= 15 is 0 Å². The summed E-state index contributed by atoms with van der Waals surface area (Å²) in [4.78, 5) is 46.6. The summed E-state index contributed by atoms with van der Waals surface area (Å²) in [5.41, 5.74) is 0.807. The molecule has 0 aromatic heterocycles. The summed E-state index contributed by atoms with van der Waals surface area (Å²) in [5.74, 6) is -2.66. The van der Waals surface area contributed by atoms with Crippen molar-refractivity contribution < 1.29 is 29.0 Å². The minimum atomic E-state index is -1.19. The minimum Gasteiger partial charge on any atom is -0.480 e. The number of alkyl carbamates (subject to hydrolysis) is 1. The highest BCUT2D eigenvalue weighted by atomic mass is 16.5. The van der Waals surface area contributed by atoms with Gasteiger partial charge in [-0.25, -0.2) is 4.79 Å². The van der Waals surface area contributed by atoms with E-state index in [9.17, 15) is 19.2 Å². The van der Waals surface area contributed by atoms with Crippen molar-refractivity contribution in [3.63, 3.8) is 0 Å². The van der Waals surface area contributed by atoms with Crippen molar-refractivity contribution in [2.24, 2.45) is 5.92 Å². The van der Waals surface area contributed by atoms with Crippen molar-refractivity contribution in [1.82, 2.24) is 16.0 Å². The molecule has 0 aliphatic rings. The summed E-state index contributed by atoms with van der Waals surface area (Å²) < 4.78 is 5.10. The zero-order valence-corrected chi connectivity index (χ0v) is 15.5. The largest absolute Gasteiger partial charge is 0.480 e. The van der Waals surface area contributed by atoms with E-state index in [2.05, 4.69) is 16.0 Å². The first kappa shape index (κ1) is 21.9. The highest BCUT2D eigenvalue weighted by Gasteiger charge is 2.27. The van der Waals surface area contributed by atoms with Crippen molar-refractivity contribution in [1.29, 1.82) is 0 Å². The van der Waals surface area contributed by atoms with E-state index in [4.69, 9.17) is 9.84 Å². The SMILES string of the molecule is CC(C)[C@@H](NC(=O)OCc1ccccc1)C(=O)N[C@H](C)C(=O)NCC(=O)O. The number of aliphatic carboxylic acids is 1. The van der Waals surface area contributed by atoms with Crippen LogP contribution in [0.1, 0.15) is 26.3 Å². The van der Waals surface area contributed by atoms with Crippen molar-refractivity contribution in [2.75, 3.05) is 6.54 Å². The van der Waals surface area contributed by atoms with E-state index in [1.54, 1.807) is 26.0 Å². The molecule has 0 bridgehead atoms. The molecule has 4 N–H and O–H groups in total. The molecule has 2 atom stereocenters. The standard InChI is InChI=1S/C18H25N3O6/c1-11(2)15(17(25)20-12(3)16(24)19-9-14(22)23)21-18(26)27-10-13-7-5-4-6-8-13/h4-8,11-12,15H,9-10H2,1-3H3,(H,19,24)(H,20,25)(H,21,26)(H,22,23)/t12-,15-/m1/s1. The van der Waals surface area contributed by atoms with E-state index in [-0.39, 0.29) is 12.5 Å². The Morgan fingerprint density at radius 3 is 2.19 bits per heavy atom. The summed E-state index contributed by atoms with van der Waals surface area (Å²) in [7, 11) is 0. The van der Waals surface area contributed by atoms with E-state index < -0.39 is 42.5 Å². The van der Waals surface area contributed by atoms with Crippen LogP contribution in [0.15, 0.2) is 30.3 Å². The Labute approximate surface area is 157 Å². The van der Waals surface area contributed by atoms with Gasteiger partial charge in [-0.15, -0.1) is 0 Å². The first-order chi connectivity index (χ1) is 12.7. The second-order valence-corrected chi connectivity index (χ2v) is 6.27.